The van der Waals surface area contributed by atoms with E-state index >= 15 is 0 Å². The fourth-order valence-corrected chi connectivity index (χ4v) is 0.770. The molecule has 0 bridgehead atoms. The molecule has 12 heavy (non-hydrogen) atoms. The smallest absolute Gasteiger partial charge is 0.220 e. The van der Waals surface area contributed by atoms with Crippen LogP contribution in [-0.4, -0.2) is 23.7 Å². The number of amides is 1. The molecule has 0 aliphatic carbocycles. The average Bonchev–Trinajstić information content (AvgIpc) is 1.96. The molecule has 3 nitrogen and oxygen atoms in total. The summed E-state index contributed by atoms with van der Waals surface area (Å²) in [6.45, 7) is 6.18. The molecular weight excluding hydrogens is 154 g/mol. The zero-order valence-corrected chi connectivity index (χ0v) is 8.13. The lowest BCUT2D eigenvalue weighted by Gasteiger charge is -2.07. The Morgan fingerprint density at radius 3 is 2.42 bits per heavy atom. The monoisotopic (exact) mass is 173 g/mol. The van der Waals surface area contributed by atoms with Crippen LogP contribution in [0.5, 0.6) is 0 Å². The first-order chi connectivity index (χ1) is 5.52. The molecule has 0 aromatic heterocycles. The van der Waals surface area contributed by atoms with Gasteiger partial charge in [0.25, 0.3) is 0 Å². The Bertz CT molecular complexity index is 118. The maximum Gasteiger partial charge on any atom is 0.220 e. The largest absolute Gasteiger partial charge is 0.392 e. The third-order valence-corrected chi connectivity index (χ3v) is 1.54. The van der Waals surface area contributed by atoms with E-state index in [1.165, 1.54) is 0 Å². The second kappa shape index (κ2) is 6.00. The SMILES string of the molecule is CC(C)CCC(=O)NC[C@@H](C)O. The van der Waals surface area contributed by atoms with Crippen molar-refractivity contribution in [1.29, 1.82) is 0 Å². The minimum Gasteiger partial charge on any atom is -0.392 e. The number of nitrogens with one attached hydrogen (secondary N) is 1. The van der Waals surface area contributed by atoms with Crippen LogP contribution in [0.1, 0.15) is 33.6 Å². The van der Waals surface area contributed by atoms with Crippen molar-refractivity contribution in [3.63, 3.8) is 0 Å². The van der Waals surface area contributed by atoms with E-state index in [0.29, 0.717) is 18.9 Å². The normalized spacial score (nSPS) is 13.1. The first-order valence-electron chi connectivity index (χ1n) is 4.47. The van der Waals surface area contributed by atoms with Crippen molar-refractivity contribution in [2.75, 3.05) is 6.54 Å². The number of aliphatic hydroxyl groups excluding tert-OH is 1. The van der Waals surface area contributed by atoms with Crippen molar-refractivity contribution in [3.05, 3.63) is 0 Å². The summed E-state index contributed by atoms with van der Waals surface area (Å²) in [6.07, 6.45) is 1.02. The van der Waals surface area contributed by atoms with Crippen molar-refractivity contribution in [2.45, 2.75) is 39.7 Å². The van der Waals surface area contributed by atoms with Gasteiger partial charge in [0, 0.05) is 13.0 Å². The van der Waals surface area contributed by atoms with Crippen LogP contribution < -0.4 is 5.32 Å². The molecule has 1 amide bonds. The van der Waals surface area contributed by atoms with Crippen LogP contribution in [0.25, 0.3) is 0 Å². The van der Waals surface area contributed by atoms with Crippen molar-refractivity contribution in [1.82, 2.24) is 5.32 Å². The minimum absolute atomic E-state index is 0.0320. The summed E-state index contributed by atoms with van der Waals surface area (Å²) in [5, 5.41) is 11.5. The molecule has 0 spiro atoms. The van der Waals surface area contributed by atoms with Gasteiger partial charge in [-0.3, -0.25) is 4.79 Å². The van der Waals surface area contributed by atoms with E-state index < -0.39 is 6.10 Å². The summed E-state index contributed by atoms with van der Waals surface area (Å²) in [6, 6.07) is 0. The average molecular weight is 173 g/mol. The first kappa shape index (κ1) is 11.4. The second-order valence-electron chi connectivity index (χ2n) is 3.59. The molecule has 0 heterocycles. The third kappa shape index (κ3) is 7.54. The minimum atomic E-state index is -0.451. The third-order valence-electron chi connectivity index (χ3n) is 1.54. The van der Waals surface area contributed by atoms with Crippen LogP contribution >= 0.6 is 0 Å². The van der Waals surface area contributed by atoms with Crippen molar-refractivity contribution < 1.29 is 9.90 Å². The van der Waals surface area contributed by atoms with Gasteiger partial charge in [-0.2, -0.15) is 0 Å². The highest BCUT2D eigenvalue weighted by Crippen LogP contribution is 2.02. The van der Waals surface area contributed by atoms with E-state index in [9.17, 15) is 4.79 Å². The number of carbonyl (C=O) groups is 1. The summed E-state index contributed by atoms with van der Waals surface area (Å²) < 4.78 is 0. The van der Waals surface area contributed by atoms with Gasteiger partial charge in [-0.1, -0.05) is 13.8 Å². The molecule has 0 saturated heterocycles. The molecule has 0 unspecified atom stereocenters. The number of carbonyl (C=O) groups excluding carboxylic acids is 1. The van der Waals surface area contributed by atoms with E-state index in [-0.39, 0.29) is 5.91 Å². The van der Waals surface area contributed by atoms with E-state index in [1.807, 2.05) is 0 Å². The first-order valence-corrected chi connectivity index (χ1v) is 4.47. The number of aliphatic hydroxyl groups is 1. The van der Waals surface area contributed by atoms with Crippen LogP contribution in [0.4, 0.5) is 0 Å². The topological polar surface area (TPSA) is 49.3 Å². The highest BCUT2D eigenvalue weighted by molar-refractivity contribution is 5.75. The molecule has 72 valence electrons. The Balaban J connectivity index is 3.34. The molecule has 2 N–H and O–H groups in total. The van der Waals surface area contributed by atoms with E-state index in [0.717, 1.165) is 6.42 Å². The van der Waals surface area contributed by atoms with Gasteiger partial charge in [0.1, 0.15) is 0 Å². The van der Waals surface area contributed by atoms with E-state index in [4.69, 9.17) is 5.11 Å². The summed E-state index contributed by atoms with van der Waals surface area (Å²) >= 11 is 0. The van der Waals surface area contributed by atoms with Gasteiger partial charge in [0.2, 0.25) is 5.91 Å². The zero-order chi connectivity index (χ0) is 9.56. The molecule has 0 rings (SSSR count). The summed E-state index contributed by atoms with van der Waals surface area (Å²) in [5.41, 5.74) is 0. The Morgan fingerprint density at radius 2 is 2.00 bits per heavy atom. The van der Waals surface area contributed by atoms with E-state index in [2.05, 4.69) is 19.2 Å². The predicted octanol–water partition coefficient (Wildman–Crippen LogP) is 0.920. The lowest BCUT2D eigenvalue weighted by molar-refractivity contribution is -0.121. The van der Waals surface area contributed by atoms with Gasteiger partial charge in [-0.25, -0.2) is 0 Å². The Hall–Kier alpha value is -0.570. The number of hydrogen-bond donors (Lipinski definition) is 2. The lowest BCUT2D eigenvalue weighted by Crippen LogP contribution is -2.30. The van der Waals surface area contributed by atoms with Crippen LogP contribution in [0.2, 0.25) is 0 Å². The van der Waals surface area contributed by atoms with Gasteiger partial charge in [-0.05, 0) is 19.3 Å². The molecule has 0 aliphatic rings. The predicted molar refractivity (Wildman–Crippen MR) is 48.8 cm³/mol. The molecule has 0 saturated carbocycles. The highest BCUT2D eigenvalue weighted by Gasteiger charge is 2.03. The molecule has 0 aromatic rings. The van der Waals surface area contributed by atoms with Crippen molar-refractivity contribution in [3.8, 4) is 0 Å². The molecule has 1 atom stereocenters. The maximum absolute atomic E-state index is 11.0. The quantitative estimate of drug-likeness (QED) is 0.649. The fourth-order valence-electron chi connectivity index (χ4n) is 0.770. The second-order valence-corrected chi connectivity index (χ2v) is 3.59. The van der Waals surface area contributed by atoms with E-state index in [1.54, 1.807) is 6.92 Å². The van der Waals surface area contributed by atoms with Crippen molar-refractivity contribution >= 4 is 5.91 Å². The summed E-state index contributed by atoms with van der Waals surface area (Å²) in [4.78, 5) is 11.0. The Kier molecular flexibility index (Phi) is 5.72. The summed E-state index contributed by atoms with van der Waals surface area (Å²) in [5.74, 6) is 0.590. The fraction of sp³-hybridized carbons (Fsp3) is 0.889. The van der Waals surface area contributed by atoms with Gasteiger partial charge < -0.3 is 10.4 Å². The molecule has 0 aliphatic heterocycles. The van der Waals surface area contributed by atoms with Gasteiger partial charge in [0.15, 0.2) is 0 Å². The highest BCUT2D eigenvalue weighted by atomic mass is 16.3. The Labute approximate surface area is 74.2 Å². The van der Waals surface area contributed by atoms with Gasteiger partial charge >= 0.3 is 0 Å². The summed E-state index contributed by atoms with van der Waals surface area (Å²) in [7, 11) is 0. The standard InChI is InChI=1S/C9H19NO2/c1-7(2)4-5-9(12)10-6-8(3)11/h7-8,11H,4-6H2,1-3H3,(H,10,12)/t8-/m1/s1. The van der Waals surface area contributed by atoms with Crippen LogP contribution in [0.15, 0.2) is 0 Å². The zero-order valence-electron chi connectivity index (χ0n) is 8.13. The lowest BCUT2D eigenvalue weighted by atomic mass is 10.1. The molecule has 3 heteroatoms. The molecular formula is C9H19NO2. The van der Waals surface area contributed by atoms with Crippen LogP contribution in [-0.2, 0) is 4.79 Å². The molecule has 0 radical (unpaired) electrons. The molecule has 0 aromatic carbocycles. The number of hydrogen-bond acceptors (Lipinski definition) is 2. The van der Waals surface area contributed by atoms with Gasteiger partial charge in [0.05, 0.1) is 6.10 Å². The van der Waals surface area contributed by atoms with Crippen molar-refractivity contribution in [2.24, 2.45) is 5.92 Å². The van der Waals surface area contributed by atoms with Gasteiger partial charge in [-0.15, -0.1) is 0 Å². The Morgan fingerprint density at radius 1 is 1.42 bits per heavy atom. The van der Waals surface area contributed by atoms with Crippen LogP contribution in [0.3, 0.4) is 0 Å². The molecule has 0 fully saturated rings. The van der Waals surface area contributed by atoms with Crippen LogP contribution in [0, 0.1) is 5.92 Å². The maximum atomic E-state index is 11.0. The number of rotatable bonds is 5.